The topological polar surface area (TPSA) is 108 Å². The fourth-order valence-electron chi connectivity index (χ4n) is 5.34. The summed E-state index contributed by atoms with van der Waals surface area (Å²) in [5, 5.41) is 0. The molecular weight excluding hydrogens is 496 g/mol. The van der Waals surface area contributed by atoms with E-state index in [1.165, 1.54) is 0 Å². The van der Waals surface area contributed by atoms with Crippen LogP contribution in [-0.4, -0.2) is 72.7 Å². The molecule has 0 saturated carbocycles. The third kappa shape index (κ3) is 4.72. The highest BCUT2D eigenvalue weighted by atomic mass is 16.9. The zero-order valence-corrected chi connectivity index (χ0v) is 21.5. The van der Waals surface area contributed by atoms with Crippen molar-refractivity contribution in [3.63, 3.8) is 0 Å². The first-order chi connectivity index (χ1) is 18.1. The Bertz CT molecular complexity index is 1090. The van der Waals surface area contributed by atoms with Crippen molar-refractivity contribution in [1.82, 2.24) is 0 Å². The third-order valence-electron chi connectivity index (χ3n) is 6.88. The van der Waals surface area contributed by atoms with Gasteiger partial charge in [0.05, 0.1) is 11.1 Å². The van der Waals surface area contributed by atoms with Crippen molar-refractivity contribution in [2.45, 2.75) is 88.5 Å². The Morgan fingerprint density at radius 2 is 0.947 bits per heavy atom. The van der Waals surface area contributed by atoms with Gasteiger partial charge in [0.1, 0.15) is 12.2 Å². The van der Waals surface area contributed by atoms with Crippen molar-refractivity contribution in [1.29, 1.82) is 0 Å². The molecule has 2 aromatic rings. The molecule has 2 aromatic carbocycles. The van der Waals surface area contributed by atoms with E-state index in [1.807, 2.05) is 12.1 Å². The van der Waals surface area contributed by atoms with Crippen LogP contribution in [0.25, 0.3) is 0 Å². The zero-order valence-electron chi connectivity index (χ0n) is 21.5. The van der Waals surface area contributed by atoms with Crippen LogP contribution in [0.15, 0.2) is 60.7 Å². The predicted molar refractivity (Wildman–Crippen MR) is 129 cm³/mol. The quantitative estimate of drug-likeness (QED) is 0.539. The van der Waals surface area contributed by atoms with Crippen LogP contribution in [0.2, 0.25) is 0 Å². The van der Waals surface area contributed by atoms with Crippen LogP contribution in [0.3, 0.4) is 0 Å². The minimum Gasteiger partial charge on any atom is -0.453 e. The van der Waals surface area contributed by atoms with Gasteiger partial charge in [-0.05, 0) is 52.0 Å². The van der Waals surface area contributed by atoms with Gasteiger partial charge < -0.3 is 37.9 Å². The lowest BCUT2D eigenvalue weighted by Gasteiger charge is -2.32. The molecule has 8 atom stereocenters. The van der Waals surface area contributed by atoms with Crippen LogP contribution in [-0.2, 0) is 37.9 Å². The van der Waals surface area contributed by atoms with Crippen molar-refractivity contribution in [3.8, 4) is 0 Å². The smallest absolute Gasteiger partial charge is 0.338 e. The summed E-state index contributed by atoms with van der Waals surface area (Å²) in [6.07, 6.45) is -6.75. The van der Waals surface area contributed by atoms with E-state index in [0.717, 1.165) is 0 Å². The molecule has 0 spiro atoms. The van der Waals surface area contributed by atoms with Crippen molar-refractivity contribution in [2.24, 2.45) is 0 Å². The molecule has 6 rings (SSSR count). The molecule has 10 nitrogen and oxygen atoms in total. The molecular formula is C28H30O10. The van der Waals surface area contributed by atoms with E-state index < -0.39 is 72.7 Å². The highest BCUT2D eigenvalue weighted by Crippen LogP contribution is 2.46. The molecule has 4 aliphatic rings. The first-order valence-corrected chi connectivity index (χ1v) is 12.6. The van der Waals surface area contributed by atoms with Crippen molar-refractivity contribution in [2.75, 3.05) is 0 Å². The van der Waals surface area contributed by atoms with Gasteiger partial charge >= 0.3 is 11.9 Å². The second-order valence-electron chi connectivity index (χ2n) is 10.6. The molecule has 0 bridgehead atoms. The average Bonchev–Trinajstić information content (AvgIpc) is 3.56. The molecule has 0 aromatic heterocycles. The Kier molecular flexibility index (Phi) is 6.29. The molecule has 4 fully saturated rings. The fraction of sp³-hybridized carbons (Fsp3) is 0.500. The van der Waals surface area contributed by atoms with E-state index in [0.29, 0.717) is 11.1 Å². The molecule has 0 amide bonds. The molecule has 0 radical (unpaired) electrons. The van der Waals surface area contributed by atoms with E-state index in [1.54, 1.807) is 76.2 Å². The summed E-state index contributed by atoms with van der Waals surface area (Å²) < 4.78 is 48.4. The number of hydrogen-bond donors (Lipinski definition) is 0. The van der Waals surface area contributed by atoms with E-state index in [2.05, 4.69) is 0 Å². The summed E-state index contributed by atoms with van der Waals surface area (Å²) in [6.45, 7) is 7.02. The maximum atomic E-state index is 13.1. The lowest BCUT2D eigenvalue weighted by molar-refractivity contribution is -0.256. The second-order valence-corrected chi connectivity index (χ2v) is 10.6. The first-order valence-electron chi connectivity index (χ1n) is 12.6. The van der Waals surface area contributed by atoms with Gasteiger partial charge in [0, 0.05) is 0 Å². The number of carbonyl (C=O) groups excluding carboxylic acids is 2. The van der Waals surface area contributed by atoms with Crippen molar-refractivity contribution >= 4 is 11.9 Å². The fourth-order valence-corrected chi connectivity index (χ4v) is 5.34. The number of esters is 2. The normalized spacial score (nSPS) is 36.4. The molecule has 10 heteroatoms. The summed E-state index contributed by atoms with van der Waals surface area (Å²) in [4.78, 5) is 26.2. The maximum Gasteiger partial charge on any atom is 0.338 e. The van der Waals surface area contributed by atoms with Crippen LogP contribution >= 0.6 is 0 Å². The maximum absolute atomic E-state index is 13.1. The van der Waals surface area contributed by atoms with Gasteiger partial charge in [0.2, 0.25) is 0 Å². The van der Waals surface area contributed by atoms with Gasteiger partial charge in [-0.25, -0.2) is 9.59 Å². The van der Waals surface area contributed by atoms with Crippen molar-refractivity contribution in [3.05, 3.63) is 71.8 Å². The number of fused-ring (bicyclic) bond motifs is 2. The minimum absolute atomic E-state index is 0.373. The van der Waals surface area contributed by atoms with Gasteiger partial charge in [0.25, 0.3) is 0 Å². The standard InChI is InChI=1S/C28H30O10/c1-27(2)35-21-19(31-23(29)15-11-7-5-8-12-15)17(33-25(21)37-27)18-20(22-26(34-18)38-28(3,4)36-22)32-24(30)16-13-9-6-10-14-16/h5-14,17-22,25-26H,1-4H3. The largest absolute Gasteiger partial charge is 0.453 e. The SMILES string of the molecule is CC1(C)OC2OC(C3OC4OC(C)(C)OC4C3OC(=O)c3ccccc3)C(OC(=O)c3ccccc3)C2O1. The van der Waals surface area contributed by atoms with E-state index in [4.69, 9.17) is 37.9 Å². The van der Waals surface area contributed by atoms with E-state index >= 15 is 0 Å². The molecule has 0 N–H and O–H groups in total. The van der Waals surface area contributed by atoms with E-state index in [-0.39, 0.29) is 0 Å². The highest BCUT2D eigenvalue weighted by molar-refractivity contribution is 5.90. The summed E-state index contributed by atoms with van der Waals surface area (Å²) in [5.41, 5.74) is 0.745. The summed E-state index contributed by atoms with van der Waals surface area (Å²) in [7, 11) is 0. The Morgan fingerprint density at radius 1 is 0.579 bits per heavy atom. The molecule has 4 heterocycles. The van der Waals surface area contributed by atoms with Crippen LogP contribution in [0, 0.1) is 0 Å². The van der Waals surface area contributed by atoms with Crippen molar-refractivity contribution < 1.29 is 47.5 Å². The second kappa shape index (κ2) is 9.41. The minimum atomic E-state index is -0.944. The van der Waals surface area contributed by atoms with Crippen LogP contribution in [0.1, 0.15) is 48.4 Å². The monoisotopic (exact) mass is 526 g/mol. The van der Waals surface area contributed by atoms with Crippen LogP contribution in [0.5, 0.6) is 0 Å². The third-order valence-corrected chi connectivity index (χ3v) is 6.88. The molecule has 8 unspecified atom stereocenters. The molecule has 4 saturated heterocycles. The number of hydrogen-bond acceptors (Lipinski definition) is 10. The number of rotatable bonds is 5. The highest BCUT2D eigenvalue weighted by Gasteiger charge is 2.65. The van der Waals surface area contributed by atoms with Crippen LogP contribution < -0.4 is 0 Å². The van der Waals surface area contributed by atoms with Gasteiger partial charge in [-0.15, -0.1) is 0 Å². The lowest BCUT2D eigenvalue weighted by Crippen LogP contribution is -2.50. The Morgan fingerprint density at radius 3 is 1.32 bits per heavy atom. The number of benzene rings is 2. The molecule has 0 aliphatic carbocycles. The number of carbonyl (C=O) groups is 2. The Balaban J connectivity index is 1.30. The molecule has 4 aliphatic heterocycles. The Hall–Kier alpha value is -2.86. The summed E-state index contributed by atoms with van der Waals surface area (Å²) >= 11 is 0. The molecule has 38 heavy (non-hydrogen) atoms. The van der Waals surface area contributed by atoms with E-state index in [9.17, 15) is 9.59 Å². The first kappa shape index (κ1) is 25.4. The van der Waals surface area contributed by atoms with Gasteiger partial charge in [-0.1, -0.05) is 36.4 Å². The van der Waals surface area contributed by atoms with Gasteiger partial charge in [-0.3, -0.25) is 0 Å². The van der Waals surface area contributed by atoms with Gasteiger partial charge in [-0.2, -0.15) is 0 Å². The lowest BCUT2D eigenvalue weighted by atomic mass is 9.99. The predicted octanol–water partition coefficient (Wildman–Crippen LogP) is 3.19. The zero-order chi connectivity index (χ0) is 26.7. The molecule has 202 valence electrons. The Labute approximate surface area is 220 Å². The van der Waals surface area contributed by atoms with Crippen LogP contribution in [0.4, 0.5) is 0 Å². The average molecular weight is 527 g/mol. The summed E-state index contributed by atoms with van der Waals surface area (Å²) in [6, 6.07) is 17.2. The van der Waals surface area contributed by atoms with Gasteiger partial charge in [0.15, 0.2) is 48.6 Å². The number of ether oxygens (including phenoxy) is 8. The summed E-state index contributed by atoms with van der Waals surface area (Å²) in [5.74, 6) is -2.99.